The van der Waals surface area contributed by atoms with Crippen LogP contribution in [-0.2, 0) is 9.53 Å². The van der Waals surface area contributed by atoms with Gasteiger partial charge in [-0.25, -0.2) is 0 Å². The molecule has 2 heterocycles. The molecule has 1 spiro atoms. The minimum atomic E-state index is 0.0187. The fraction of sp³-hybridized carbons (Fsp3) is 0.900. The second-order valence-corrected chi connectivity index (χ2v) is 3.55. The number of nitrogens with zero attached hydrogens (tertiary/aromatic N) is 1. The lowest BCUT2D eigenvalue weighted by Gasteiger charge is -2.38. The quantitative estimate of drug-likeness (QED) is 0.665. The van der Waals surface area contributed by atoms with Crippen molar-refractivity contribution in [3.8, 4) is 0 Å². The number of carbonyl (C=O) groups excluding carboxylic acids is 1. The second kappa shape index (κ2) is 4.75. The van der Waals surface area contributed by atoms with E-state index in [1.165, 1.54) is 0 Å². The third kappa shape index (κ3) is 2.07. The Bertz CT molecular complexity index is 202. The highest BCUT2D eigenvalue weighted by molar-refractivity contribution is 5.78. The average Bonchev–Trinajstić information content (AvgIpc) is 2.64. The van der Waals surface area contributed by atoms with Crippen LogP contribution in [0.5, 0.6) is 0 Å². The van der Waals surface area contributed by atoms with Crippen LogP contribution in [0.2, 0.25) is 0 Å². The summed E-state index contributed by atoms with van der Waals surface area (Å²) in [4.78, 5) is 13.0. The van der Waals surface area contributed by atoms with E-state index >= 15 is 0 Å². The highest BCUT2D eigenvalue weighted by Gasteiger charge is 2.45. The Labute approximate surface area is 85.4 Å². The molecule has 2 saturated heterocycles. The molecule has 2 fully saturated rings. The van der Waals surface area contributed by atoms with Crippen LogP contribution >= 0.6 is 0 Å². The summed E-state index contributed by atoms with van der Waals surface area (Å²) >= 11 is 0. The van der Waals surface area contributed by atoms with Gasteiger partial charge in [-0.3, -0.25) is 4.79 Å². The molecule has 0 bridgehead atoms. The van der Waals surface area contributed by atoms with Gasteiger partial charge in [-0.15, -0.1) is 0 Å². The predicted molar refractivity (Wildman–Crippen MR) is 54.9 cm³/mol. The van der Waals surface area contributed by atoms with Crippen molar-refractivity contribution >= 4 is 5.91 Å². The summed E-state index contributed by atoms with van der Waals surface area (Å²) in [5.74, 6) is 0.0439. The maximum absolute atomic E-state index is 11.2. The first-order valence-corrected chi connectivity index (χ1v) is 5.38. The van der Waals surface area contributed by atoms with Gasteiger partial charge in [0.1, 0.15) is 0 Å². The molecule has 0 aromatic rings. The first-order chi connectivity index (χ1) is 6.76. The normalized spacial score (nSPS) is 29.5. The molecule has 1 unspecified atom stereocenters. The predicted octanol–water partition coefficient (Wildman–Crippen LogP) is 0.363. The molecule has 4 heteroatoms. The zero-order valence-electron chi connectivity index (χ0n) is 9.08. The summed E-state index contributed by atoms with van der Waals surface area (Å²) in [6.45, 7) is 6.54. The lowest BCUT2D eigenvalue weighted by molar-refractivity contribution is -0.145. The molecule has 2 rings (SSSR count). The van der Waals surface area contributed by atoms with Gasteiger partial charge in [0, 0.05) is 19.5 Å². The Morgan fingerprint density at radius 3 is 2.50 bits per heavy atom. The fourth-order valence-corrected chi connectivity index (χ4v) is 1.90. The molecule has 1 amide bonds. The van der Waals surface area contributed by atoms with Crippen molar-refractivity contribution in [3.05, 3.63) is 0 Å². The SMILES string of the molecule is CC.NCC(=O)N1CCC2(CCO2)C1. The van der Waals surface area contributed by atoms with Crippen molar-refractivity contribution in [2.45, 2.75) is 32.3 Å². The highest BCUT2D eigenvalue weighted by atomic mass is 16.5. The number of hydrogen-bond acceptors (Lipinski definition) is 3. The van der Waals surface area contributed by atoms with Crippen LogP contribution in [0.25, 0.3) is 0 Å². The number of nitrogens with two attached hydrogens (primary N) is 1. The summed E-state index contributed by atoms with van der Waals surface area (Å²) in [5.41, 5.74) is 5.29. The largest absolute Gasteiger partial charge is 0.373 e. The molecule has 0 saturated carbocycles. The number of rotatable bonds is 1. The minimum Gasteiger partial charge on any atom is -0.373 e. The van der Waals surface area contributed by atoms with E-state index in [-0.39, 0.29) is 18.1 Å². The van der Waals surface area contributed by atoms with Crippen LogP contribution in [-0.4, -0.2) is 42.6 Å². The van der Waals surface area contributed by atoms with E-state index < -0.39 is 0 Å². The molecule has 2 aliphatic heterocycles. The lowest BCUT2D eigenvalue weighted by Crippen LogP contribution is -2.47. The molecule has 0 radical (unpaired) electrons. The highest BCUT2D eigenvalue weighted by Crippen LogP contribution is 2.35. The van der Waals surface area contributed by atoms with Gasteiger partial charge in [0.2, 0.25) is 5.91 Å². The van der Waals surface area contributed by atoms with E-state index in [1.54, 1.807) is 4.90 Å². The molecule has 4 nitrogen and oxygen atoms in total. The van der Waals surface area contributed by atoms with Gasteiger partial charge in [0.05, 0.1) is 18.8 Å². The van der Waals surface area contributed by atoms with Gasteiger partial charge in [0.25, 0.3) is 0 Å². The lowest BCUT2D eigenvalue weighted by atomic mass is 9.94. The van der Waals surface area contributed by atoms with Gasteiger partial charge in [-0.05, 0) is 6.42 Å². The first kappa shape index (κ1) is 11.5. The van der Waals surface area contributed by atoms with E-state index in [2.05, 4.69) is 0 Å². The molecular formula is C10H20N2O2. The molecule has 82 valence electrons. The standard InChI is InChI=1S/C8H14N2O2.C2H6/c9-5-7(11)10-3-1-8(6-10)2-4-12-8;1-2/h1-6,9H2;1-2H3. The zero-order chi connectivity index (χ0) is 10.6. The first-order valence-electron chi connectivity index (χ1n) is 5.38. The zero-order valence-corrected chi connectivity index (χ0v) is 9.08. The van der Waals surface area contributed by atoms with Gasteiger partial charge < -0.3 is 15.4 Å². The third-order valence-corrected chi connectivity index (χ3v) is 2.81. The molecular weight excluding hydrogens is 180 g/mol. The summed E-state index contributed by atoms with van der Waals surface area (Å²) in [5, 5.41) is 0. The Balaban J connectivity index is 0.000000461. The van der Waals surface area contributed by atoms with Crippen LogP contribution in [0.1, 0.15) is 26.7 Å². The smallest absolute Gasteiger partial charge is 0.236 e. The van der Waals surface area contributed by atoms with Gasteiger partial charge in [-0.2, -0.15) is 0 Å². The van der Waals surface area contributed by atoms with Crippen molar-refractivity contribution in [1.82, 2.24) is 4.90 Å². The average molecular weight is 200 g/mol. The van der Waals surface area contributed by atoms with E-state index in [9.17, 15) is 4.79 Å². The summed E-state index contributed by atoms with van der Waals surface area (Å²) in [6.07, 6.45) is 2.08. The number of carbonyl (C=O) groups is 1. The molecule has 14 heavy (non-hydrogen) atoms. The van der Waals surface area contributed by atoms with E-state index in [4.69, 9.17) is 10.5 Å². The monoisotopic (exact) mass is 200 g/mol. The van der Waals surface area contributed by atoms with Crippen molar-refractivity contribution in [3.63, 3.8) is 0 Å². The second-order valence-electron chi connectivity index (χ2n) is 3.55. The van der Waals surface area contributed by atoms with Gasteiger partial charge in [-0.1, -0.05) is 13.8 Å². The summed E-state index contributed by atoms with van der Waals surface area (Å²) in [7, 11) is 0. The van der Waals surface area contributed by atoms with Crippen LogP contribution in [0, 0.1) is 0 Å². The maximum atomic E-state index is 11.2. The van der Waals surface area contributed by atoms with Gasteiger partial charge in [0.15, 0.2) is 0 Å². The molecule has 2 aliphatic rings. The molecule has 0 aromatic heterocycles. The van der Waals surface area contributed by atoms with E-state index in [0.29, 0.717) is 0 Å². The van der Waals surface area contributed by atoms with Crippen LogP contribution in [0.4, 0.5) is 0 Å². The summed E-state index contributed by atoms with van der Waals surface area (Å²) < 4.78 is 5.47. The van der Waals surface area contributed by atoms with Crippen molar-refractivity contribution in [1.29, 1.82) is 0 Å². The molecule has 1 atom stereocenters. The van der Waals surface area contributed by atoms with Crippen LogP contribution in [0.3, 0.4) is 0 Å². The number of likely N-dealkylation sites (tertiary alicyclic amines) is 1. The molecule has 2 N–H and O–H groups in total. The summed E-state index contributed by atoms with van der Waals surface area (Å²) in [6, 6.07) is 0. The Kier molecular flexibility index (Phi) is 3.89. The Hall–Kier alpha value is -0.610. The fourth-order valence-electron chi connectivity index (χ4n) is 1.90. The Morgan fingerprint density at radius 2 is 2.14 bits per heavy atom. The molecule has 0 aromatic carbocycles. The molecule has 0 aliphatic carbocycles. The topological polar surface area (TPSA) is 55.6 Å². The number of ether oxygens (including phenoxy) is 1. The van der Waals surface area contributed by atoms with Gasteiger partial charge >= 0.3 is 0 Å². The minimum absolute atomic E-state index is 0.0187. The number of hydrogen-bond donors (Lipinski definition) is 1. The van der Waals surface area contributed by atoms with E-state index in [1.807, 2.05) is 13.8 Å². The Morgan fingerprint density at radius 1 is 1.50 bits per heavy atom. The van der Waals surface area contributed by atoms with Crippen molar-refractivity contribution in [2.75, 3.05) is 26.2 Å². The van der Waals surface area contributed by atoms with Crippen molar-refractivity contribution in [2.24, 2.45) is 5.73 Å². The number of amides is 1. The van der Waals surface area contributed by atoms with E-state index in [0.717, 1.165) is 32.5 Å². The van der Waals surface area contributed by atoms with Crippen LogP contribution in [0.15, 0.2) is 0 Å². The van der Waals surface area contributed by atoms with Crippen LogP contribution < -0.4 is 5.73 Å². The third-order valence-electron chi connectivity index (χ3n) is 2.81. The van der Waals surface area contributed by atoms with Crippen molar-refractivity contribution < 1.29 is 9.53 Å². The maximum Gasteiger partial charge on any atom is 0.236 e.